The first kappa shape index (κ1) is 40.1. The van der Waals surface area contributed by atoms with E-state index in [1.807, 2.05) is 0 Å². The lowest BCUT2D eigenvalue weighted by atomic mass is 9.82. The van der Waals surface area contributed by atoms with E-state index in [1.165, 1.54) is 105 Å². The number of rotatable bonds is 7. The topological polar surface area (TPSA) is 8.17 Å². The van der Waals surface area contributed by atoms with E-state index in [0.29, 0.717) is 0 Å². The molecule has 1 heterocycles. The third-order valence-electron chi connectivity index (χ3n) is 15.2. The van der Waals surface area contributed by atoms with Crippen LogP contribution in [-0.4, -0.2) is 4.57 Å². The summed E-state index contributed by atoms with van der Waals surface area (Å²) in [6, 6.07) is 85.4. The van der Waals surface area contributed by atoms with Crippen LogP contribution in [0.2, 0.25) is 0 Å². The third-order valence-corrected chi connectivity index (χ3v) is 15.2. The number of nitrogens with zero attached hydrogens (tertiary/aromatic N) is 2. The Hall–Kier alpha value is -8.20. The lowest BCUT2D eigenvalue weighted by molar-refractivity contribution is 0.660. The molecule has 68 heavy (non-hydrogen) atoms. The predicted octanol–water partition coefficient (Wildman–Crippen LogP) is 17.9. The van der Waals surface area contributed by atoms with Crippen molar-refractivity contribution in [2.45, 2.75) is 38.5 Å². The van der Waals surface area contributed by atoms with Crippen LogP contribution >= 0.6 is 0 Å². The number of hydrogen-bond donors (Lipinski definition) is 0. The van der Waals surface area contributed by atoms with Gasteiger partial charge in [0.25, 0.3) is 0 Å². The second-order valence-electron chi connectivity index (χ2n) is 19.7. The van der Waals surface area contributed by atoms with Crippen LogP contribution < -0.4 is 4.90 Å². The van der Waals surface area contributed by atoms with Crippen molar-refractivity contribution in [1.82, 2.24) is 4.57 Å². The Bertz CT molecular complexity index is 3760. The van der Waals surface area contributed by atoms with Crippen molar-refractivity contribution in [3.8, 4) is 61.3 Å². The highest BCUT2D eigenvalue weighted by molar-refractivity contribution is 6.13. The number of para-hydroxylation sites is 1. The van der Waals surface area contributed by atoms with Crippen molar-refractivity contribution < 1.29 is 0 Å². The van der Waals surface area contributed by atoms with Crippen LogP contribution in [0.5, 0.6) is 0 Å². The maximum Gasteiger partial charge on any atom is 0.0544 e. The Morgan fingerprint density at radius 1 is 0.309 bits per heavy atom. The molecule has 0 N–H and O–H groups in total. The Balaban J connectivity index is 0.933. The summed E-state index contributed by atoms with van der Waals surface area (Å²) in [4.78, 5) is 2.40. The fourth-order valence-electron chi connectivity index (χ4n) is 11.7. The van der Waals surface area contributed by atoms with Crippen LogP contribution in [0.4, 0.5) is 17.1 Å². The van der Waals surface area contributed by atoms with E-state index in [2.05, 4.69) is 268 Å². The van der Waals surface area contributed by atoms with Gasteiger partial charge in [-0.25, -0.2) is 0 Å². The molecule has 0 saturated heterocycles. The van der Waals surface area contributed by atoms with Crippen molar-refractivity contribution >= 4 is 38.9 Å². The van der Waals surface area contributed by atoms with Crippen molar-refractivity contribution in [2.75, 3.05) is 4.90 Å². The molecule has 0 fully saturated rings. The van der Waals surface area contributed by atoms with E-state index in [-0.39, 0.29) is 10.8 Å². The second-order valence-corrected chi connectivity index (χ2v) is 19.7. The Morgan fingerprint density at radius 3 is 1.54 bits per heavy atom. The van der Waals surface area contributed by atoms with E-state index in [0.717, 1.165) is 17.1 Å². The van der Waals surface area contributed by atoms with Crippen LogP contribution in [0, 0.1) is 0 Å². The van der Waals surface area contributed by atoms with Crippen LogP contribution in [0.3, 0.4) is 0 Å². The number of hydrogen-bond acceptors (Lipinski definition) is 1. The van der Waals surface area contributed by atoms with Gasteiger partial charge in [-0.2, -0.15) is 0 Å². The van der Waals surface area contributed by atoms with Gasteiger partial charge in [0.1, 0.15) is 0 Å². The van der Waals surface area contributed by atoms with E-state index in [9.17, 15) is 0 Å². The molecule has 0 radical (unpaired) electrons. The molecule has 0 atom stereocenters. The first-order chi connectivity index (χ1) is 33.2. The van der Waals surface area contributed by atoms with E-state index in [1.54, 1.807) is 0 Å². The quantitative estimate of drug-likeness (QED) is 0.155. The van der Waals surface area contributed by atoms with Crippen molar-refractivity contribution in [2.24, 2.45) is 0 Å². The first-order valence-electron chi connectivity index (χ1n) is 23.9. The highest BCUT2D eigenvalue weighted by Crippen LogP contribution is 2.53. The minimum Gasteiger partial charge on any atom is -0.310 e. The van der Waals surface area contributed by atoms with E-state index >= 15 is 0 Å². The summed E-state index contributed by atoms with van der Waals surface area (Å²) in [7, 11) is 0. The molecule has 2 heteroatoms. The standard InChI is InChI=1S/C66H50N2/c1-65(2)59-27-14-12-24-54(59)64-52(25-16-28-60(64)65)47-19-15-22-51(39-47)67(49-34-29-44(30-35-49)43-17-7-5-8-18-43)50-36-31-45(32-37-50)46-33-38-62-56(40-46)57-41-55-53-23-11-13-26-58(53)66(3,4)61(55)42-63(57)68(62)48-20-9-6-10-21-48/h5-42H,1-4H3. The molecule has 0 saturated carbocycles. The summed E-state index contributed by atoms with van der Waals surface area (Å²) < 4.78 is 2.45. The number of anilines is 3. The Kier molecular flexibility index (Phi) is 8.95. The van der Waals surface area contributed by atoms with Gasteiger partial charge < -0.3 is 9.47 Å². The Labute approximate surface area is 399 Å². The van der Waals surface area contributed by atoms with Gasteiger partial charge in [-0.3, -0.25) is 0 Å². The van der Waals surface area contributed by atoms with E-state index in [4.69, 9.17) is 0 Å². The summed E-state index contributed by atoms with van der Waals surface area (Å²) in [6.07, 6.45) is 0. The zero-order valence-corrected chi connectivity index (χ0v) is 38.8. The molecule has 0 bridgehead atoms. The van der Waals surface area contributed by atoms with Gasteiger partial charge >= 0.3 is 0 Å². The van der Waals surface area contributed by atoms with Gasteiger partial charge in [-0.05, 0) is 151 Å². The fraction of sp³-hybridized carbons (Fsp3) is 0.0909. The highest BCUT2D eigenvalue weighted by atomic mass is 15.1. The Morgan fingerprint density at radius 2 is 0.824 bits per heavy atom. The lowest BCUT2D eigenvalue weighted by Crippen LogP contribution is -2.14. The van der Waals surface area contributed by atoms with Crippen LogP contribution in [-0.2, 0) is 10.8 Å². The monoisotopic (exact) mass is 870 g/mol. The minimum absolute atomic E-state index is 0.0687. The third kappa shape index (κ3) is 6.10. The van der Waals surface area contributed by atoms with Crippen molar-refractivity contribution in [1.29, 1.82) is 0 Å². The fourth-order valence-corrected chi connectivity index (χ4v) is 11.7. The predicted molar refractivity (Wildman–Crippen MR) is 287 cm³/mol. The molecular formula is C66H50N2. The minimum atomic E-state index is -0.0882. The number of fused-ring (bicyclic) bond motifs is 9. The zero-order valence-electron chi connectivity index (χ0n) is 38.8. The molecule has 324 valence electrons. The molecule has 2 aliphatic rings. The SMILES string of the molecule is CC1(C)c2ccccc2-c2cc3c4cc(-c5ccc(N(c6ccc(-c7ccccc7)cc6)c6cccc(-c7cccc8c7-c7ccccc7C8(C)C)c6)cc5)ccc4n(-c4ccccc4)c3cc21. The summed E-state index contributed by atoms with van der Waals surface area (Å²) in [5.41, 5.74) is 24.9. The molecule has 1 aromatic heterocycles. The van der Waals surface area contributed by atoms with Crippen molar-refractivity contribution in [3.63, 3.8) is 0 Å². The van der Waals surface area contributed by atoms with Crippen LogP contribution in [0.15, 0.2) is 231 Å². The van der Waals surface area contributed by atoms with E-state index < -0.39 is 0 Å². The van der Waals surface area contributed by atoms with Gasteiger partial charge in [0, 0.05) is 44.4 Å². The maximum absolute atomic E-state index is 2.47. The smallest absolute Gasteiger partial charge is 0.0544 e. The van der Waals surface area contributed by atoms with Gasteiger partial charge in [0.15, 0.2) is 0 Å². The lowest BCUT2D eigenvalue weighted by Gasteiger charge is -2.27. The molecule has 0 amide bonds. The maximum atomic E-state index is 2.47. The summed E-state index contributed by atoms with van der Waals surface area (Å²) in [5, 5.41) is 2.53. The molecule has 2 nitrogen and oxygen atoms in total. The largest absolute Gasteiger partial charge is 0.310 e. The van der Waals surface area contributed by atoms with Crippen LogP contribution in [0.1, 0.15) is 49.9 Å². The summed E-state index contributed by atoms with van der Waals surface area (Å²) in [5.74, 6) is 0. The van der Waals surface area contributed by atoms with Gasteiger partial charge in [0.2, 0.25) is 0 Å². The molecule has 0 unspecified atom stereocenters. The van der Waals surface area contributed by atoms with Crippen molar-refractivity contribution in [3.05, 3.63) is 253 Å². The average molecular weight is 871 g/mol. The average Bonchev–Trinajstić information content (AvgIpc) is 3.93. The molecule has 10 aromatic carbocycles. The zero-order chi connectivity index (χ0) is 45.7. The number of aromatic nitrogens is 1. The molecule has 11 aromatic rings. The normalized spacial score (nSPS) is 13.8. The summed E-state index contributed by atoms with van der Waals surface area (Å²) >= 11 is 0. The highest BCUT2D eigenvalue weighted by Gasteiger charge is 2.38. The van der Waals surface area contributed by atoms with Gasteiger partial charge in [-0.1, -0.05) is 185 Å². The first-order valence-corrected chi connectivity index (χ1v) is 23.9. The molecule has 2 aliphatic carbocycles. The molecule has 0 aliphatic heterocycles. The van der Waals surface area contributed by atoms with Gasteiger partial charge in [0.05, 0.1) is 11.0 Å². The molecular weight excluding hydrogens is 821 g/mol. The molecule has 0 spiro atoms. The van der Waals surface area contributed by atoms with Crippen LogP contribution in [0.25, 0.3) is 83.1 Å². The molecule has 13 rings (SSSR count). The van der Waals surface area contributed by atoms with Gasteiger partial charge in [-0.15, -0.1) is 0 Å². The number of benzene rings is 10. The second kappa shape index (κ2) is 15.2. The summed E-state index contributed by atoms with van der Waals surface area (Å²) in [6.45, 7) is 9.45.